The molecule has 1 saturated heterocycles. The smallest absolute Gasteiger partial charge is 0.320 e. The molecule has 0 unspecified atom stereocenters. The average molecular weight is 297 g/mol. The molecular formula is C14H17ClN2O3. The minimum Gasteiger partial charge on any atom is -0.480 e. The number of aliphatic carboxylic acids is 1. The zero-order valence-electron chi connectivity index (χ0n) is 11.2. The van der Waals surface area contributed by atoms with Crippen LogP contribution in [0.4, 0.5) is 5.69 Å². The first kappa shape index (κ1) is 14.8. The molecular weight excluding hydrogens is 280 g/mol. The molecule has 2 N–H and O–H groups in total. The molecule has 1 heterocycles. The Labute approximate surface area is 122 Å². The maximum Gasteiger partial charge on any atom is 0.320 e. The van der Waals surface area contributed by atoms with Gasteiger partial charge in [0.2, 0.25) is 5.91 Å². The van der Waals surface area contributed by atoms with E-state index in [0.29, 0.717) is 23.7 Å². The fourth-order valence-electron chi connectivity index (χ4n) is 2.40. The highest BCUT2D eigenvalue weighted by Crippen LogP contribution is 2.21. The number of likely N-dealkylation sites (tertiary alicyclic amines) is 1. The highest BCUT2D eigenvalue weighted by molar-refractivity contribution is 6.31. The van der Waals surface area contributed by atoms with Crippen LogP contribution >= 0.6 is 11.6 Å². The number of hydrogen-bond donors (Lipinski definition) is 2. The number of nitrogens with zero attached hydrogens (tertiary/aromatic N) is 1. The van der Waals surface area contributed by atoms with Gasteiger partial charge in [-0.3, -0.25) is 14.5 Å². The molecule has 0 spiro atoms. The predicted octanol–water partition coefficient (Wildman–Crippen LogP) is 2.14. The number of carbonyl (C=O) groups is 2. The lowest BCUT2D eigenvalue weighted by molar-refractivity contribution is -0.142. The molecule has 0 bridgehead atoms. The topological polar surface area (TPSA) is 69.6 Å². The second-order valence-electron chi connectivity index (χ2n) is 4.97. The molecule has 108 valence electrons. The lowest BCUT2D eigenvalue weighted by Gasteiger charge is -2.20. The zero-order valence-corrected chi connectivity index (χ0v) is 12.0. The van der Waals surface area contributed by atoms with E-state index in [2.05, 4.69) is 5.32 Å². The average Bonchev–Trinajstić information content (AvgIpc) is 2.82. The Morgan fingerprint density at radius 3 is 2.95 bits per heavy atom. The number of benzene rings is 1. The normalized spacial score (nSPS) is 19.0. The second-order valence-corrected chi connectivity index (χ2v) is 5.41. The summed E-state index contributed by atoms with van der Waals surface area (Å²) in [4.78, 5) is 24.8. The van der Waals surface area contributed by atoms with Crippen molar-refractivity contribution >= 4 is 29.2 Å². The minimum absolute atomic E-state index is 0.0862. The third-order valence-corrected chi connectivity index (χ3v) is 3.70. The molecule has 1 aliphatic heterocycles. The molecule has 1 fully saturated rings. The molecule has 2 rings (SSSR count). The first-order chi connectivity index (χ1) is 9.47. The van der Waals surface area contributed by atoms with Crippen LogP contribution in [-0.2, 0) is 9.59 Å². The number of hydrogen-bond acceptors (Lipinski definition) is 3. The molecule has 1 aromatic carbocycles. The van der Waals surface area contributed by atoms with Gasteiger partial charge >= 0.3 is 5.97 Å². The van der Waals surface area contributed by atoms with Crippen molar-refractivity contribution in [2.24, 2.45) is 0 Å². The van der Waals surface area contributed by atoms with E-state index in [1.807, 2.05) is 13.0 Å². The van der Waals surface area contributed by atoms with Crippen LogP contribution in [0.5, 0.6) is 0 Å². The standard InChI is InChI=1S/C14H17ClN2O3/c1-9-4-5-10(15)7-11(9)16-13(18)8-17-6-2-3-12(17)14(19)20/h4-5,7,12H,2-3,6,8H2,1H3,(H,16,18)(H,19,20)/t12-/m0/s1. The van der Waals surface area contributed by atoms with Crippen molar-refractivity contribution in [3.63, 3.8) is 0 Å². The number of carbonyl (C=O) groups excluding carboxylic acids is 1. The van der Waals surface area contributed by atoms with E-state index in [1.54, 1.807) is 17.0 Å². The zero-order chi connectivity index (χ0) is 14.7. The predicted molar refractivity (Wildman–Crippen MR) is 77.0 cm³/mol. The molecule has 5 nitrogen and oxygen atoms in total. The van der Waals surface area contributed by atoms with Crippen LogP contribution < -0.4 is 5.32 Å². The molecule has 0 aliphatic carbocycles. The van der Waals surface area contributed by atoms with Gasteiger partial charge in [-0.05, 0) is 44.0 Å². The van der Waals surface area contributed by atoms with Gasteiger partial charge in [0.05, 0.1) is 6.54 Å². The van der Waals surface area contributed by atoms with Crippen LogP contribution in [0.15, 0.2) is 18.2 Å². The fourth-order valence-corrected chi connectivity index (χ4v) is 2.57. The van der Waals surface area contributed by atoms with Crippen LogP contribution in [0.25, 0.3) is 0 Å². The molecule has 20 heavy (non-hydrogen) atoms. The Bertz CT molecular complexity index is 533. The largest absolute Gasteiger partial charge is 0.480 e. The number of halogens is 1. The summed E-state index contributed by atoms with van der Waals surface area (Å²) in [5.41, 5.74) is 1.58. The Morgan fingerprint density at radius 1 is 1.50 bits per heavy atom. The van der Waals surface area contributed by atoms with Gasteiger partial charge in [0, 0.05) is 10.7 Å². The molecule has 1 atom stereocenters. The van der Waals surface area contributed by atoms with Crippen molar-refractivity contribution in [3.8, 4) is 0 Å². The van der Waals surface area contributed by atoms with Crippen molar-refractivity contribution in [2.45, 2.75) is 25.8 Å². The van der Waals surface area contributed by atoms with Crippen molar-refractivity contribution in [2.75, 3.05) is 18.4 Å². The Kier molecular flexibility index (Phi) is 4.62. The van der Waals surface area contributed by atoms with Crippen LogP contribution in [-0.4, -0.2) is 41.0 Å². The van der Waals surface area contributed by atoms with Crippen LogP contribution in [0.1, 0.15) is 18.4 Å². The van der Waals surface area contributed by atoms with Crippen LogP contribution in [0.3, 0.4) is 0 Å². The van der Waals surface area contributed by atoms with E-state index < -0.39 is 12.0 Å². The van der Waals surface area contributed by atoms with Gasteiger partial charge in [-0.2, -0.15) is 0 Å². The summed E-state index contributed by atoms with van der Waals surface area (Å²) < 4.78 is 0. The van der Waals surface area contributed by atoms with E-state index in [4.69, 9.17) is 16.7 Å². The quantitative estimate of drug-likeness (QED) is 0.893. The Hall–Kier alpha value is -1.59. The first-order valence-electron chi connectivity index (χ1n) is 6.50. The van der Waals surface area contributed by atoms with Gasteiger partial charge < -0.3 is 10.4 Å². The number of amides is 1. The number of aryl methyl sites for hydroxylation is 1. The second kappa shape index (κ2) is 6.24. The molecule has 1 aromatic rings. The lowest BCUT2D eigenvalue weighted by atomic mass is 10.2. The highest BCUT2D eigenvalue weighted by Gasteiger charge is 2.31. The van der Waals surface area contributed by atoms with Crippen LogP contribution in [0.2, 0.25) is 5.02 Å². The SMILES string of the molecule is Cc1ccc(Cl)cc1NC(=O)CN1CCC[C@H]1C(=O)O. The minimum atomic E-state index is -0.866. The summed E-state index contributed by atoms with van der Waals surface area (Å²) in [5.74, 6) is -1.09. The van der Waals surface area contributed by atoms with Crippen molar-refractivity contribution in [3.05, 3.63) is 28.8 Å². The van der Waals surface area contributed by atoms with E-state index in [-0.39, 0.29) is 12.5 Å². The summed E-state index contributed by atoms with van der Waals surface area (Å²) in [6.07, 6.45) is 1.40. The number of anilines is 1. The number of carboxylic acids is 1. The molecule has 0 aromatic heterocycles. The molecule has 6 heteroatoms. The molecule has 1 amide bonds. The summed E-state index contributed by atoms with van der Waals surface area (Å²) in [6.45, 7) is 2.60. The third kappa shape index (κ3) is 3.49. The first-order valence-corrected chi connectivity index (χ1v) is 6.88. The van der Waals surface area contributed by atoms with E-state index in [1.165, 1.54) is 0 Å². The van der Waals surface area contributed by atoms with Gasteiger partial charge in [-0.15, -0.1) is 0 Å². The van der Waals surface area contributed by atoms with Crippen LogP contribution in [0, 0.1) is 6.92 Å². The molecule has 1 aliphatic rings. The van der Waals surface area contributed by atoms with E-state index >= 15 is 0 Å². The van der Waals surface area contributed by atoms with Crippen molar-refractivity contribution in [1.29, 1.82) is 0 Å². The molecule has 0 radical (unpaired) electrons. The summed E-state index contributed by atoms with van der Waals surface area (Å²) in [6, 6.07) is 4.72. The van der Waals surface area contributed by atoms with Crippen molar-refractivity contribution < 1.29 is 14.7 Å². The van der Waals surface area contributed by atoms with Gasteiger partial charge in [0.15, 0.2) is 0 Å². The van der Waals surface area contributed by atoms with Gasteiger partial charge in [-0.1, -0.05) is 17.7 Å². The van der Waals surface area contributed by atoms with Crippen molar-refractivity contribution in [1.82, 2.24) is 4.90 Å². The number of carboxylic acid groups (broad SMARTS) is 1. The summed E-state index contributed by atoms with van der Waals surface area (Å²) >= 11 is 5.90. The maximum atomic E-state index is 12.0. The van der Waals surface area contributed by atoms with Gasteiger partial charge in [0.1, 0.15) is 6.04 Å². The third-order valence-electron chi connectivity index (χ3n) is 3.47. The fraction of sp³-hybridized carbons (Fsp3) is 0.429. The number of rotatable bonds is 4. The highest BCUT2D eigenvalue weighted by atomic mass is 35.5. The lowest BCUT2D eigenvalue weighted by Crippen LogP contribution is -2.40. The summed E-state index contributed by atoms with van der Waals surface area (Å²) in [7, 11) is 0. The van der Waals surface area contributed by atoms with Gasteiger partial charge in [0.25, 0.3) is 0 Å². The van der Waals surface area contributed by atoms with E-state index in [9.17, 15) is 9.59 Å². The Morgan fingerprint density at radius 2 is 2.25 bits per heavy atom. The monoisotopic (exact) mass is 296 g/mol. The maximum absolute atomic E-state index is 12.0. The number of nitrogens with one attached hydrogen (secondary N) is 1. The van der Waals surface area contributed by atoms with Gasteiger partial charge in [-0.25, -0.2) is 0 Å². The summed E-state index contributed by atoms with van der Waals surface area (Å²) in [5, 5.41) is 12.4. The van der Waals surface area contributed by atoms with E-state index in [0.717, 1.165) is 12.0 Å². The molecule has 0 saturated carbocycles. The Balaban J connectivity index is 1.99.